The van der Waals surface area contributed by atoms with Crippen molar-refractivity contribution in [2.24, 2.45) is 0 Å². The van der Waals surface area contributed by atoms with Crippen LogP contribution in [0.1, 0.15) is 19.4 Å². The van der Waals surface area contributed by atoms with Gasteiger partial charge in [0.05, 0.1) is 6.61 Å². The molecule has 6 nitrogen and oxygen atoms in total. The Balaban J connectivity index is 1.54. The van der Waals surface area contributed by atoms with Crippen LogP contribution in [-0.2, 0) is 16.1 Å². The molecule has 154 valence electrons. The molecule has 0 radical (unpaired) electrons. The van der Waals surface area contributed by atoms with Crippen LogP contribution in [0.3, 0.4) is 0 Å². The molecule has 1 saturated heterocycles. The zero-order valence-corrected chi connectivity index (χ0v) is 17.2. The van der Waals surface area contributed by atoms with E-state index in [0.29, 0.717) is 25.4 Å². The number of hydrogen-bond donors (Lipinski definition) is 0. The molecule has 0 aliphatic carbocycles. The van der Waals surface area contributed by atoms with Gasteiger partial charge in [0.25, 0.3) is 0 Å². The molecule has 0 bridgehead atoms. The molecule has 3 rings (SSSR count). The van der Waals surface area contributed by atoms with Gasteiger partial charge in [0.2, 0.25) is 11.8 Å². The maximum Gasteiger partial charge on any atom is 0.242 e. The minimum absolute atomic E-state index is 0.0200. The molecule has 2 aromatic carbocycles. The van der Waals surface area contributed by atoms with E-state index in [0.717, 1.165) is 25.4 Å². The highest BCUT2D eigenvalue weighted by molar-refractivity contribution is 5.97. The standard InChI is InChI=1S/C23H29N3O3/c1-3-29-22-11-9-21(10-12-22)26(19(2)27)18-23(28)25-15-13-24(14-16-25)17-20-7-5-4-6-8-20/h4-12H,3,13-18H2,1-2H3. The van der Waals surface area contributed by atoms with E-state index in [2.05, 4.69) is 17.0 Å². The van der Waals surface area contributed by atoms with Crippen LogP contribution in [0.15, 0.2) is 54.6 Å². The van der Waals surface area contributed by atoms with Crippen molar-refractivity contribution in [1.29, 1.82) is 0 Å². The summed E-state index contributed by atoms with van der Waals surface area (Å²) in [6.45, 7) is 7.99. The average molecular weight is 396 g/mol. The highest BCUT2D eigenvalue weighted by Crippen LogP contribution is 2.20. The van der Waals surface area contributed by atoms with Gasteiger partial charge in [0.15, 0.2) is 0 Å². The van der Waals surface area contributed by atoms with Crippen molar-refractivity contribution >= 4 is 17.5 Å². The molecule has 6 heteroatoms. The topological polar surface area (TPSA) is 53.1 Å². The van der Waals surface area contributed by atoms with Crippen LogP contribution in [0, 0.1) is 0 Å². The normalized spacial score (nSPS) is 14.5. The van der Waals surface area contributed by atoms with Crippen LogP contribution < -0.4 is 9.64 Å². The highest BCUT2D eigenvalue weighted by atomic mass is 16.5. The number of hydrogen-bond acceptors (Lipinski definition) is 4. The first-order valence-corrected chi connectivity index (χ1v) is 10.1. The lowest BCUT2D eigenvalue weighted by Gasteiger charge is -2.35. The molecule has 0 atom stereocenters. The third kappa shape index (κ3) is 5.81. The summed E-state index contributed by atoms with van der Waals surface area (Å²) in [5.41, 5.74) is 1.99. The predicted octanol–water partition coefficient (Wildman–Crippen LogP) is 2.78. The first kappa shape index (κ1) is 20.9. The number of ether oxygens (including phenoxy) is 1. The van der Waals surface area contributed by atoms with Gasteiger partial charge in [-0.25, -0.2) is 0 Å². The minimum atomic E-state index is -0.148. The van der Waals surface area contributed by atoms with Gasteiger partial charge in [-0.3, -0.25) is 14.5 Å². The van der Waals surface area contributed by atoms with Gasteiger partial charge in [-0.2, -0.15) is 0 Å². The molecule has 1 fully saturated rings. The molecule has 0 saturated carbocycles. The number of benzene rings is 2. The van der Waals surface area contributed by atoms with Crippen LogP contribution in [0.25, 0.3) is 0 Å². The molecule has 0 unspecified atom stereocenters. The van der Waals surface area contributed by atoms with Gasteiger partial charge in [-0.05, 0) is 36.8 Å². The Kier molecular flexibility index (Phi) is 7.25. The summed E-state index contributed by atoms with van der Waals surface area (Å²) < 4.78 is 5.45. The average Bonchev–Trinajstić information content (AvgIpc) is 2.74. The molecule has 0 aromatic heterocycles. The monoisotopic (exact) mass is 395 g/mol. The molecule has 2 aromatic rings. The number of carbonyl (C=O) groups is 2. The summed E-state index contributed by atoms with van der Waals surface area (Å²) >= 11 is 0. The lowest BCUT2D eigenvalue weighted by molar-refractivity contribution is -0.132. The second kappa shape index (κ2) is 10.1. The summed E-state index contributed by atoms with van der Waals surface area (Å²) in [5, 5.41) is 0. The third-order valence-corrected chi connectivity index (χ3v) is 5.11. The fourth-order valence-corrected chi connectivity index (χ4v) is 3.51. The Labute approximate surface area is 172 Å². The van der Waals surface area contributed by atoms with E-state index in [4.69, 9.17) is 4.74 Å². The van der Waals surface area contributed by atoms with Crippen molar-refractivity contribution in [3.05, 3.63) is 60.2 Å². The number of anilines is 1. The van der Waals surface area contributed by atoms with Gasteiger partial charge >= 0.3 is 0 Å². The minimum Gasteiger partial charge on any atom is -0.494 e. The Morgan fingerprint density at radius 1 is 0.966 bits per heavy atom. The predicted molar refractivity (Wildman–Crippen MR) is 114 cm³/mol. The smallest absolute Gasteiger partial charge is 0.242 e. The van der Waals surface area contributed by atoms with Crippen molar-refractivity contribution in [1.82, 2.24) is 9.80 Å². The molecule has 2 amide bonds. The van der Waals surface area contributed by atoms with E-state index >= 15 is 0 Å². The quantitative estimate of drug-likeness (QED) is 0.723. The SMILES string of the molecule is CCOc1ccc(N(CC(=O)N2CCN(Cc3ccccc3)CC2)C(C)=O)cc1. The highest BCUT2D eigenvalue weighted by Gasteiger charge is 2.24. The largest absolute Gasteiger partial charge is 0.494 e. The van der Waals surface area contributed by atoms with E-state index in [1.165, 1.54) is 17.4 Å². The number of nitrogens with zero attached hydrogens (tertiary/aromatic N) is 3. The van der Waals surface area contributed by atoms with Crippen molar-refractivity contribution in [3.63, 3.8) is 0 Å². The van der Waals surface area contributed by atoms with E-state index < -0.39 is 0 Å². The Morgan fingerprint density at radius 3 is 2.21 bits per heavy atom. The van der Waals surface area contributed by atoms with E-state index in [-0.39, 0.29) is 18.4 Å². The number of rotatable bonds is 7. The number of piperazine rings is 1. The van der Waals surface area contributed by atoms with Gasteiger partial charge in [-0.15, -0.1) is 0 Å². The number of amides is 2. The molecule has 1 aliphatic heterocycles. The fourth-order valence-electron chi connectivity index (χ4n) is 3.51. The maximum atomic E-state index is 12.8. The summed E-state index contributed by atoms with van der Waals surface area (Å²) in [5.74, 6) is 0.583. The first-order valence-electron chi connectivity index (χ1n) is 10.1. The number of carbonyl (C=O) groups excluding carboxylic acids is 2. The van der Waals surface area contributed by atoms with Gasteiger partial charge in [-0.1, -0.05) is 30.3 Å². The molecule has 0 N–H and O–H groups in total. The summed E-state index contributed by atoms with van der Waals surface area (Å²) in [4.78, 5) is 30.7. The lowest BCUT2D eigenvalue weighted by Crippen LogP contribution is -2.51. The van der Waals surface area contributed by atoms with Gasteiger partial charge in [0.1, 0.15) is 12.3 Å². The molecule has 1 aliphatic rings. The third-order valence-electron chi connectivity index (χ3n) is 5.11. The van der Waals surface area contributed by atoms with Crippen LogP contribution >= 0.6 is 0 Å². The van der Waals surface area contributed by atoms with Crippen LogP contribution in [0.2, 0.25) is 0 Å². The summed E-state index contributed by atoms with van der Waals surface area (Å²) in [6, 6.07) is 17.6. The molecule has 0 spiro atoms. The Hall–Kier alpha value is -2.86. The maximum absolute atomic E-state index is 12.8. The zero-order valence-electron chi connectivity index (χ0n) is 17.2. The van der Waals surface area contributed by atoms with Crippen LogP contribution in [0.4, 0.5) is 5.69 Å². The van der Waals surface area contributed by atoms with Crippen molar-refractivity contribution in [2.75, 3.05) is 44.2 Å². The molecule has 29 heavy (non-hydrogen) atoms. The fraction of sp³-hybridized carbons (Fsp3) is 0.391. The molecule has 1 heterocycles. The molecular weight excluding hydrogens is 366 g/mol. The summed E-state index contributed by atoms with van der Waals surface area (Å²) in [6.07, 6.45) is 0. The van der Waals surface area contributed by atoms with Gasteiger partial charge < -0.3 is 14.5 Å². The van der Waals surface area contributed by atoms with Crippen molar-refractivity contribution < 1.29 is 14.3 Å². The second-order valence-electron chi connectivity index (χ2n) is 7.17. The lowest BCUT2D eigenvalue weighted by atomic mass is 10.2. The van der Waals surface area contributed by atoms with E-state index in [1.54, 1.807) is 0 Å². The Bertz CT molecular complexity index is 800. The van der Waals surface area contributed by atoms with Crippen molar-refractivity contribution in [2.45, 2.75) is 20.4 Å². The van der Waals surface area contributed by atoms with Crippen LogP contribution in [-0.4, -0.2) is 60.9 Å². The summed E-state index contributed by atoms with van der Waals surface area (Å²) in [7, 11) is 0. The van der Waals surface area contributed by atoms with E-state index in [1.807, 2.05) is 54.3 Å². The van der Waals surface area contributed by atoms with Crippen molar-refractivity contribution in [3.8, 4) is 5.75 Å². The molecular formula is C23H29N3O3. The Morgan fingerprint density at radius 2 is 1.62 bits per heavy atom. The second-order valence-corrected chi connectivity index (χ2v) is 7.17. The zero-order chi connectivity index (χ0) is 20.6. The van der Waals surface area contributed by atoms with E-state index in [9.17, 15) is 9.59 Å². The first-order chi connectivity index (χ1) is 14.1. The van der Waals surface area contributed by atoms with Crippen LogP contribution in [0.5, 0.6) is 5.75 Å². The van der Waals surface area contributed by atoms with Gasteiger partial charge in [0, 0.05) is 45.3 Å².